The maximum atomic E-state index is 11.5. The van der Waals surface area contributed by atoms with Gasteiger partial charge in [0.1, 0.15) is 0 Å². The van der Waals surface area contributed by atoms with Crippen LogP contribution in [-0.2, 0) is 0 Å². The van der Waals surface area contributed by atoms with Crippen molar-refractivity contribution in [3.63, 3.8) is 0 Å². The van der Waals surface area contributed by atoms with Crippen molar-refractivity contribution in [2.75, 3.05) is 6.54 Å². The Morgan fingerprint density at radius 1 is 1.44 bits per heavy atom. The topological polar surface area (TPSA) is 71.8 Å². The highest BCUT2D eigenvalue weighted by atomic mass is 16.1. The van der Waals surface area contributed by atoms with E-state index in [1.54, 1.807) is 0 Å². The molecule has 4 nitrogen and oxygen atoms in total. The molecule has 1 aliphatic rings. The fourth-order valence-electron chi connectivity index (χ4n) is 2.57. The lowest BCUT2D eigenvalue weighted by atomic mass is 9.79. The van der Waals surface area contributed by atoms with Crippen molar-refractivity contribution in [1.29, 1.82) is 0 Å². The summed E-state index contributed by atoms with van der Waals surface area (Å²) >= 11 is 0. The minimum absolute atomic E-state index is 0.00838. The summed E-state index contributed by atoms with van der Waals surface area (Å²) in [4.78, 5) is 18.4. The quantitative estimate of drug-likeness (QED) is 0.791. The first-order valence-electron chi connectivity index (χ1n) is 5.96. The first kappa shape index (κ1) is 11.3. The van der Waals surface area contributed by atoms with E-state index in [0.717, 1.165) is 43.5 Å². The van der Waals surface area contributed by atoms with Crippen molar-refractivity contribution in [1.82, 2.24) is 9.97 Å². The third-order valence-electron chi connectivity index (χ3n) is 3.69. The SMILES string of the molecule is Cc1c(C2CCC(CN)CC2)nc[nH]c1=O. The molecule has 1 aromatic heterocycles. The molecule has 3 N–H and O–H groups in total. The summed E-state index contributed by atoms with van der Waals surface area (Å²) in [7, 11) is 0. The first-order valence-corrected chi connectivity index (χ1v) is 5.96. The number of nitrogens with two attached hydrogens (primary N) is 1. The number of nitrogens with one attached hydrogen (secondary N) is 1. The lowest BCUT2D eigenvalue weighted by Crippen LogP contribution is -2.23. The molecular formula is C12H19N3O. The predicted octanol–water partition coefficient (Wildman–Crippen LogP) is 1.31. The van der Waals surface area contributed by atoms with Gasteiger partial charge in [-0.2, -0.15) is 0 Å². The van der Waals surface area contributed by atoms with E-state index in [-0.39, 0.29) is 5.56 Å². The second-order valence-electron chi connectivity index (χ2n) is 4.70. The summed E-state index contributed by atoms with van der Waals surface area (Å²) in [6.45, 7) is 2.64. The molecule has 88 valence electrons. The van der Waals surface area contributed by atoms with Gasteiger partial charge in [-0.15, -0.1) is 0 Å². The number of aromatic nitrogens is 2. The van der Waals surface area contributed by atoms with E-state index in [2.05, 4.69) is 9.97 Å². The Balaban J connectivity index is 2.14. The van der Waals surface area contributed by atoms with E-state index in [1.165, 1.54) is 6.33 Å². The molecule has 16 heavy (non-hydrogen) atoms. The average Bonchev–Trinajstić information content (AvgIpc) is 2.33. The van der Waals surface area contributed by atoms with Gasteiger partial charge in [-0.05, 0) is 45.1 Å². The summed E-state index contributed by atoms with van der Waals surface area (Å²) in [5, 5.41) is 0. The zero-order valence-electron chi connectivity index (χ0n) is 9.70. The van der Waals surface area contributed by atoms with Crippen LogP contribution in [0.5, 0.6) is 0 Å². The van der Waals surface area contributed by atoms with E-state index in [0.29, 0.717) is 11.8 Å². The van der Waals surface area contributed by atoms with Crippen molar-refractivity contribution in [3.8, 4) is 0 Å². The molecular weight excluding hydrogens is 202 g/mol. The second kappa shape index (κ2) is 4.78. The standard InChI is InChI=1S/C12H19N3O/c1-8-11(14-7-15-12(8)16)10-4-2-9(6-13)3-5-10/h7,9-10H,2-6,13H2,1H3,(H,14,15,16). The Kier molecular flexibility index (Phi) is 3.39. The fourth-order valence-corrected chi connectivity index (χ4v) is 2.57. The van der Waals surface area contributed by atoms with Crippen molar-refractivity contribution < 1.29 is 0 Å². The van der Waals surface area contributed by atoms with Gasteiger partial charge in [-0.3, -0.25) is 4.79 Å². The Morgan fingerprint density at radius 3 is 2.75 bits per heavy atom. The molecule has 1 saturated carbocycles. The molecule has 0 radical (unpaired) electrons. The lowest BCUT2D eigenvalue weighted by molar-refractivity contribution is 0.328. The third kappa shape index (κ3) is 2.16. The van der Waals surface area contributed by atoms with Gasteiger partial charge in [0.2, 0.25) is 0 Å². The van der Waals surface area contributed by atoms with Crippen LogP contribution in [0.2, 0.25) is 0 Å². The summed E-state index contributed by atoms with van der Waals surface area (Å²) in [5.74, 6) is 1.11. The summed E-state index contributed by atoms with van der Waals surface area (Å²) in [6.07, 6.45) is 6.06. The number of hydrogen-bond donors (Lipinski definition) is 2. The number of H-pyrrole nitrogens is 1. The Labute approximate surface area is 95.3 Å². The number of aromatic amines is 1. The molecule has 0 aliphatic heterocycles. The highest BCUT2D eigenvalue weighted by Crippen LogP contribution is 2.34. The van der Waals surface area contributed by atoms with Crippen LogP contribution in [0, 0.1) is 12.8 Å². The Hall–Kier alpha value is -1.16. The largest absolute Gasteiger partial charge is 0.330 e. The Bertz CT molecular complexity index is 405. The van der Waals surface area contributed by atoms with Crippen LogP contribution in [0.4, 0.5) is 0 Å². The number of hydrogen-bond acceptors (Lipinski definition) is 3. The highest BCUT2D eigenvalue weighted by molar-refractivity contribution is 5.19. The molecule has 1 aliphatic carbocycles. The fraction of sp³-hybridized carbons (Fsp3) is 0.667. The normalized spacial score (nSPS) is 25.6. The maximum Gasteiger partial charge on any atom is 0.253 e. The molecule has 0 atom stereocenters. The van der Waals surface area contributed by atoms with Crippen LogP contribution >= 0.6 is 0 Å². The van der Waals surface area contributed by atoms with Gasteiger partial charge in [0.15, 0.2) is 0 Å². The van der Waals surface area contributed by atoms with Gasteiger partial charge in [-0.25, -0.2) is 4.98 Å². The molecule has 0 aromatic carbocycles. The molecule has 2 rings (SSSR count). The van der Waals surface area contributed by atoms with E-state index in [4.69, 9.17) is 5.73 Å². The third-order valence-corrected chi connectivity index (χ3v) is 3.69. The van der Waals surface area contributed by atoms with Crippen molar-refractivity contribution in [2.24, 2.45) is 11.7 Å². The van der Waals surface area contributed by atoms with Gasteiger partial charge in [-0.1, -0.05) is 0 Å². The molecule has 1 fully saturated rings. The van der Waals surface area contributed by atoms with Crippen LogP contribution in [0.25, 0.3) is 0 Å². The van der Waals surface area contributed by atoms with Crippen molar-refractivity contribution in [2.45, 2.75) is 38.5 Å². The smallest absolute Gasteiger partial charge is 0.253 e. The van der Waals surface area contributed by atoms with E-state index in [1.807, 2.05) is 6.92 Å². The number of rotatable bonds is 2. The zero-order chi connectivity index (χ0) is 11.5. The molecule has 0 unspecified atom stereocenters. The maximum absolute atomic E-state index is 11.5. The minimum Gasteiger partial charge on any atom is -0.330 e. The van der Waals surface area contributed by atoms with E-state index in [9.17, 15) is 4.79 Å². The van der Waals surface area contributed by atoms with Gasteiger partial charge in [0, 0.05) is 11.5 Å². The van der Waals surface area contributed by atoms with Gasteiger partial charge in [0.25, 0.3) is 5.56 Å². The van der Waals surface area contributed by atoms with Gasteiger partial charge in [0.05, 0.1) is 12.0 Å². The van der Waals surface area contributed by atoms with E-state index < -0.39 is 0 Å². The van der Waals surface area contributed by atoms with Crippen LogP contribution in [0.15, 0.2) is 11.1 Å². The molecule has 0 bridgehead atoms. The van der Waals surface area contributed by atoms with E-state index >= 15 is 0 Å². The van der Waals surface area contributed by atoms with Crippen molar-refractivity contribution >= 4 is 0 Å². The molecule has 0 saturated heterocycles. The van der Waals surface area contributed by atoms with Crippen LogP contribution in [-0.4, -0.2) is 16.5 Å². The highest BCUT2D eigenvalue weighted by Gasteiger charge is 2.24. The first-order chi connectivity index (χ1) is 7.72. The van der Waals surface area contributed by atoms with Crippen LogP contribution in [0.1, 0.15) is 42.9 Å². The van der Waals surface area contributed by atoms with Crippen LogP contribution < -0.4 is 11.3 Å². The molecule has 1 aromatic rings. The average molecular weight is 221 g/mol. The van der Waals surface area contributed by atoms with Crippen molar-refractivity contribution in [3.05, 3.63) is 27.9 Å². The van der Waals surface area contributed by atoms with Crippen LogP contribution in [0.3, 0.4) is 0 Å². The summed E-state index contributed by atoms with van der Waals surface area (Å²) in [6, 6.07) is 0. The predicted molar refractivity (Wildman–Crippen MR) is 63.3 cm³/mol. The molecule has 0 spiro atoms. The molecule has 1 heterocycles. The lowest BCUT2D eigenvalue weighted by Gasteiger charge is -2.27. The summed E-state index contributed by atoms with van der Waals surface area (Å²) in [5.41, 5.74) is 7.42. The second-order valence-corrected chi connectivity index (χ2v) is 4.70. The molecule has 0 amide bonds. The monoisotopic (exact) mass is 221 g/mol. The number of nitrogens with zero attached hydrogens (tertiary/aromatic N) is 1. The Morgan fingerprint density at radius 2 is 2.12 bits per heavy atom. The zero-order valence-corrected chi connectivity index (χ0v) is 9.70. The minimum atomic E-state index is -0.00838. The van der Waals surface area contributed by atoms with Gasteiger partial charge >= 0.3 is 0 Å². The summed E-state index contributed by atoms with van der Waals surface area (Å²) < 4.78 is 0. The van der Waals surface area contributed by atoms with Gasteiger partial charge < -0.3 is 10.7 Å². The molecule has 4 heteroatoms.